The highest BCUT2D eigenvalue weighted by Gasteiger charge is 2.33. The first-order chi connectivity index (χ1) is 8.38. The highest BCUT2D eigenvalue weighted by atomic mass is 32.2. The van der Waals surface area contributed by atoms with Crippen LogP contribution in [0.25, 0.3) is 0 Å². The molecule has 1 unspecified atom stereocenters. The maximum absolute atomic E-state index is 12.4. The molecule has 1 aliphatic rings. The molecule has 2 heterocycles. The first-order valence-corrected chi connectivity index (χ1v) is 7.96. The summed E-state index contributed by atoms with van der Waals surface area (Å²) in [6.07, 6.45) is 2.64. The van der Waals surface area contributed by atoms with Crippen LogP contribution in [-0.2, 0) is 15.6 Å². The molecule has 18 heavy (non-hydrogen) atoms. The summed E-state index contributed by atoms with van der Waals surface area (Å²) in [5, 5.41) is 3.07. The summed E-state index contributed by atoms with van der Waals surface area (Å²) in [5.41, 5.74) is 0.536. The Morgan fingerprint density at radius 1 is 1.39 bits per heavy atom. The summed E-state index contributed by atoms with van der Waals surface area (Å²) in [5.74, 6) is 0.577. The molecule has 1 aliphatic heterocycles. The largest absolute Gasteiger partial charge is 0.448 e. The minimum atomic E-state index is -3.16. The lowest BCUT2D eigenvalue weighted by Crippen LogP contribution is -2.47. The minimum Gasteiger partial charge on any atom is -0.448 e. The van der Waals surface area contributed by atoms with E-state index in [9.17, 15) is 8.42 Å². The summed E-state index contributed by atoms with van der Waals surface area (Å²) in [7, 11) is -3.16. The highest BCUT2D eigenvalue weighted by Crippen LogP contribution is 2.24. The minimum absolute atomic E-state index is 0.0144. The second kappa shape index (κ2) is 5.01. The number of hydrogen-bond donors (Lipinski definition) is 1. The second-order valence-corrected chi connectivity index (χ2v) is 7.51. The Hall–Kier alpha value is -0.880. The maximum atomic E-state index is 12.4. The van der Waals surface area contributed by atoms with Crippen LogP contribution in [0.2, 0.25) is 0 Å². The van der Waals surface area contributed by atoms with Gasteiger partial charge in [0.2, 0.25) is 0 Å². The second-order valence-electron chi connectivity index (χ2n) is 5.22. The van der Waals surface area contributed by atoms with E-state index in [1.807, 2.05) is 13.8 Å². The molecule has 3 atom stereocenters. The predicted octanol–water partition coefficient (Wildman–Crippen LogP) is 1.43. The van der Waals surface area contributed by atoms with Crippen molar-refractivity contribution in [2.45, 2.75) is 56.7 Å². The van der Waals surface area contributed by atoms with Gasteiger partial charge in [0.05, 0.1) is 16.7 Å². The van der Waals surface area contributed by atoms with E-state index in [-0.39, 0.29) is 23.1 Å². The van der Waals surface area contributed by atoms with Crippen molar-refractivity contribution in [2.24, 2.45) is 0 Å². The molecule has 1 aromatic heterocycles. The lowest BCUT2D eigenvalue weighted by molar-refractivity contribution is 0.350. The molecule has 1 fully saturated rings. The fourth-order valence-corrected chi connectivity index (χ4v) is 4.63. The number of hydrogen-bond acceptors (Lipinski definition) is 5. The molecule has 0 spiro atoms. The van der Waals surface area contributed by atoms with Gasteiger partial charge in [-0.15, -0.1) is 0 Å². The van der Waals surface area contributed by atoms with Gasteiger partial charge in [-0.05, 0) is 33.6 Å². The smallest absolute Gasteiger partial charge is 0.181 e. The van der Waals surface area contributed by atoms with Crippen LogP contribution in [0, 0.1) is 6.92 Å². The van der Waals surface area contributed by atoms with Gasteiger partial charge in [-0.3, -0.25) is 0 Å². The standard InChI is InChI=1S/C12H20N2O3S/c1-8-4-11(5-9(2)14-8)18(15,16)6-12-10(3)17-7-13-12/h7-9,11,14H,4-6H2,1-3H3/t8-,9+,11?. The molecule has 0 saturated carbocycles. The van der Waals surface area contributed by atoms with E-state index in [1.54, 1.807) is 6.92 Å². The first kappa shape index (κ1) is 13.5. The van der Waals surface area contributed by atoms with Gasteiger partial charge in [-0.25, -0.2) is 13.4 Å². The third kappa shape index (κ3) is 2.92. The van der Waals surface area contributed by atoms with Crippen molar-refractivity contribution in [1.29, 1.82) is 0 Å². The fraction of sp³-hybridized carbons (Fsp3) is 0.750. The summed E-state index contributed by atoms with van der Waals surface area (Å²) in [4.78, 5) is 3.97. The molecule has 6 heteroatoms. The summed E-state index contributed by atoms with van der Waals surface area (Å²) in [6.45, 7) is 5.80. The Bertz CT molecular complexity index is 499. The van der Waals surface area contributed by atoms with Crippen molar-refractivity contribution in [3.05, 3.63) is 17.8 Å². The van der Waals surface area contributed by atoms with Crippen LogP contribution in [0.3, 0.4) is 0 Å². The Labute approximate surface area is 108 Å². The van der Waals surface area contributed by atoms with E-state index in [0.717, 1.165) is 0 Å². The normalized spacial score (nSPS) is 29.4. The highest BCUT2D eigenvalue weighted by molar-refractivity contribution is 7.91. The number of nitrogens with one attached hydrogen (secondary N) is 1. The maximum Gasteiger partial charge on any atom is 0.181 e. The van der Waals surface area contributed by atoms with Crippen LogP contribution >= 0.6 is 0 Å². The molecule has 0 aromatic carbocycles. The van der Waals surface area contributed by atoms with Gasteiger partial charge >= 0.3 is 0 Å². The van der Waals surface area contributed by atoms with Gasteiger partial charge in [-0.1, -0.05) is 0 Å². The van der Waals surface area contributed by atoms with Gasteiger partial charge in [0, 0.05) is 12.1 Å². The molecule has 5 nitrogen and oxygen atoms in total. The van der Waals surface area contributed by atoms with Gasteiger partial charge in [-0.2, -0.15) is 0 Å². The number of oxazole rings is 1. The van der Waals surface area contributed by atoms with Crippen molar-refractivity contribution >= 4 is 9.84 Å². The zero-order chi connectivity index (χ0) is 13.3. The number of nitrogens with zero attached hydrogens (tertiary/aromatic N) is 1. The van der Waals surface area contributed by atoms with Crippen LogP contribution in [0.15, 0.2) is 10.8 Å². The molecular weight excluding hydrogens is 252 g/mol. The van der Waals surface area contributed by atoms with E-state index in [2.05, 4.69) is 10.3 Å². The molecule has 0 aliphatic carbocycles. The van der Waals surface area contributed by atoms with E-state index < -0.39 is 9.84 Å². The topological polar surface area (TPSA) is 72.2 Å². The SMILES string of the molecule is Cc1ocnc1CS(=O)(=O)C1C[C@@H](C)N[C@@H](C)C1. The lowest BCUT2D eigenvalue weighted by atomic mass is 10.0. The molecule has 0 amide bonds. The molecular formula is C12H20N2O3S. The van der Waals surface area contributed by atoms with E-state index in [0.29, 0.717) is 24.3 Å². The van der Waals surface area contributed by atoms with Gasteiger partial charge < -0.3 is 9.73 Å². The van der Waals surface area contributed by atoms with E-state index in [1.165, 1.54) is 6.39 Å². The zero-order valence-corrected chi connectivity index (χ0v) is 11.8. The number of rotatable bonds is 3. The third-order valence-electron chi connectivity index (χ3n) is 3.49. The number of aryl methyl sites for hydroxylation is 1. The Kier molecular flexibility index (Phi) is 3.77. The number of sulfone groups is 1. The van der Waals surface area contributed by atoms with Crippen LogP contribution in [0.4, 0.5) is 0 Å². The van der Waals surface area contributed by atoms with Crippen molar-refractivity contribution in [2.75, 3.05) is 0 Å². The Morgan fingerprint density at radius 2 is 2.00 bits per heavy atom. The van der Waals surface area contributed by atoms with Gasteiger partial charge in [0.25, 0.3) is 0 Å². The fourth-order valence-electron chi connectivity index (χ4n) is 2.58. The predicted molar refractivity (Wildman–Crippen MR) is 68.9 cm³/mol. The van der Waals surface area contributed by atoms with Crippen LogP contribution < -0.4 is 5.32 Å². The van der Waals surface area contributed by atoms with Crippen molar-refractivity contribution < 1.29 is 12.8 Å². The monoisotopic (exact) mass is 272 g/mol. The van der Waals surface area contributed by atoms with Gasteiger partial charge in [0.15, 0.2) is 16.2 Å². The van der Waals surface area contributed by atoms with E-state index in [4.69, 9.17) is 4.42 Å². The van der Waals surface area contributed by atoms with E-state index >= 15 is 0 Å². The average molecular weight is 272 g/mol. The van der Waals surface area contributed by atoms with Crippen molar-refractivity contribution in [1.82, 2.24) is 10.3 Å². The molecule has 0 bridgehead atoms. The van der Waals surface area contributed by atoms with Gasteiger partial charge in [0.1, 0.15) is 5.76 Å². The molecule has 1 N–H and O–H groups in total. The summed E-state index contributed by atoms with van der Waals surface area (Å²) >= 11 is 0. The lowest BCUT2D eigenvalue weighted by Gasteiger charge is -2.32. The molecule has 0 radical (unpaired) electrons. The first-order valence-electron chi connectivity index (χ1n) is 6.25. The number of aromatic nitrogens is 1. The third-order valence-corrected chi connectivity index (χ3v) is 5.57. The summed E-state index contributed by atoms with van der Waals surface area (Å²) < 4.78 is 29.8. The van der Waals surface area contributed by atoms with Crippen molar-refractivity contribution in [3.63, 3.8) is 0 Å². The van der Waals surface area contributed by atoms with Crippen molar-refractivity contribution in [3.8, 4) is 0 Å². The number of piperidine rings is 1. The molecule has 2 rings (SSSR count). The quantitative estimate of drug-likeness (QED) is 0.901. The zero-order valence-electron chi connectivity index (χ0n) is 11.0. The average Bonchev–Trinajstić information content (AvgIpc) is 2.62. The van der Waals surface area contributed by atoms with Crippen LogP contribution in [-0.4, -0.2) is 30.7 Å². The molecule has 1 saturated heterocycles. The van der Waals surface area contributed by atoms with Crippen LogP contribution in [0.1, 0.15) is 38.1 Å². The Balaban J connectivity index is 2.13. The molecule has 102 valence electrons. The summed E-state index contributed by atoms with van der Waals surface area (Å²) in [6, 6.07) is 0.485. The Morgan fingerprint density at radius 3 is 2.50 bits per heavy atom. The van der Waals surface area contributed by atoms with Crippen LogP contribution in [0.5, 0.6) is 0 Å². The molecule has 1 aromatic rings.